The summed E-state index contributed by atoms with van der Waals surface area (Å²) in [6.45, 7) is 1.44. The largest absolute Gasteiger partial charge is 0.326 e. The van der Waals surface area contributed by atoms with Crippen molar-refractivity contribution in [1.29, 1.82) is 0 Å². The van der Waals surface area contributed by atoms with Crippen molar-refractivity contribution in [1.82, 2.24) is 0 Å². The molecule has 5 nitrogen and oxygen atoms in total. The molecule has 0 atom stereocenters. The number of benzene rings is 2. The van der Waals surface area contributed by atoms with Crippen LogP contribution in [-0.2, 0) is 9.59 Å². The molecule has 2 amide bonds. The first-order valence-electron chi connectivity index (χ1n) is 6.90. The van der Waals surface area contributed by atoms with Crippen molar-refractivity contribution < 1.29 is 14.4 Å². The highest BCUT2D eigenvalue weighted by Gasteiger charge is 2.11. The smallest absolute Gasteiger partial charge is 0.233 e. The van der Waals surface area contributed by atoms with E-state index in [0.717, 1.165) is 0 Å². The van der Waals surface area contributed by atoms with E-state index >= 15 is 0 Å². The van der Waals surface area contributed by atoms with E-state index in [0.29, 0.717) is 22.0 Å². The van der Waals surface area contributed by atoms with Crippen molar-refractivity contribution in [2.45, 2.75) is 13.3 Å². The first-order chi connectivity index (χ1) is 10.9. The third-order valence-electron chi connectivity index (χ3n) is 2.98. The van der Waals surface area contributed by atoms with Crippen molar-refractivity contribution >= 4 is 40.6 Å². The van der Waals surface area contributed by atoms with Crippen LogP contribution >= 0.6 is 11.6 Å². The van der Waals surface area contributed by atoms with Crippen LogP contribution < -0.4 is 10.6 Å². The van der Waals surface area contributed by atoms with E-state index in [-0.39, 0.29) is 12.2 Å². The molecule has 0 aliphatic heterocycles. The molecule has 0 saturated carbocycles. The third-order valence-corrected chi connectivity index (χ3v) is 3.22. The molecule has 2 aromatic rings. The zero-order chi connectivity index (χ0) is 16.8. The van der Waals surface area contributed by atoms with Crippen LogP contribution in [0.5, 0.6) is 0 Å². The minimum atomic E-state index is -0.467. The fourth-order valence-corrected chi connectivity index (χ4v) is 2.13. The summed E-state index contributed by atoms with van der Waals surface area (Å²) < 4.78 is 0. The summed E-state index contributed by atoms with van der Waals surface area (Å²) in [5.41, 5.74) is 1.48. The van der Waals surface area contributed by atoms with E-state index in [4.69, 9.17) is 11.6 Å². The molecule has 118 valence electrons. The number of anilines is 2. The number of rotatable bonds is 5. The van der Waals surface area contributed by atoms with E-state index in [9.17, 15) is 14.4 Å². The minimum absolute atomic E-state index is 0.0974. The Morgan fingerprint density at radius 3 is 2.04 bits per heavy atom. The predicted octanol–water partition coefficient (Wildman–Crippen LogP) is 3.51. The van der Waals surface area contributed by atoms with Crippen LogP contribution in [0, 0.1) is 0 Å². The van der Waals surface area contributed by atoms with Gasteiger partial charge in [-0.3, -0.25) is 14.4 Å². The molecule has 0 aromatic heterocycles. The van der Waals surface area contributed by atoms with Gasteiger partial charge >= 0.3 is 0 Å². The lowest BCUT2D eigenvalue weighted by molar-refractivity contribution is -0.123. The van der Waals surface area contributed by atoms with Crippen LogP contribution in [0.4, 0.5) is 11.4 Å². The maximum absolute atomic E-state index is 11.9. The summed E-state index contributed by atoms with van der Waals surface area (Å²) in [5.74, 6) is -1.02. The van der Waals surface area contributed by atoms with Gasteiger partial charge in [-0.1, -0.05) is 29.8 Å². The Labute approximate surface area is 138 Å². The van der Waals surface area contributed by atoms with E-state index in [2.05, 4.69) is 10.6 Å². The molecule has 0 fully saturated rings. The number of ketones is 1. The van der Waals surface area contributed by atoms with Gasteiger partial charge in [-0.25, -0.2) is 0 Å². The van der Waals surface area contributed by atoms with Gasteiger partial charge in [0.1, 0.15) is 6.42 Å². The molecule has 2 rings (SSSR count). The molecule has 0 radical (unpaired) electrons. The summed E-state index contributed by atoms with van der Waals surface area (Å²) in [7, 11) is 0. The monoisotopic (exact) mass is 330 g/mol. The topological polar surface area (TPSA) is 75.3 Å². The molecular formula is C17H15ClN2O3. The molecule has 0 aliphatic carbocycles. The highest BCUT2D eigenvalue weighted by atomic mass is 35.5. The second kappa shape index (κ2) is 7.56. The lowest BCUT2D eigenvalue weighted by Gasteiger charge is -2.07. The van der Waals surface area contributed by atoms with Gasteiger partial charge in [-0.2, -0.15) is 0 Å². The normalized spacial score (nSPS) is 10.0. The Morgan fingerprint density at radius 2 is 1.48 bits per heavy atom. The van der Waals surface area contributed by atoms with Gasteiger partial charge in [0.2, 0.25) is 11.8 Å². The van der Waals surface area contributed by atoms with Crippen molar-refractivity contribution in [3.05, 3.63) is 59.1 Å². The second-order valence-corrected chi connectivity index (χ2v) is 5.36. The fraction of sp³-hybridized carbons (Fsp3) is 0.118. The van der Waals surface area contributed by atoms with Gasteiger partial charge in [-0.05, 0) is 37.3 Å². The zero-order valence-electron chi connectivity index (χ0n) is 12.4. The van der Waals surface area contributed by atoms with Crippen molar-refractivity contribution in [2.24, 2.45) is 0 Å². The number of hydrogen-bond donors (Lipinski definition) is 2. The highest BCUT2D eigenvalue weighted by Crippen LogP contribution is 2.15. The van der Waals surface area contributed by atoms with Gasteiger partial charge < -0.3 is 10.6 Å². The Balaban J connectivity index is 1.93. The van der Waals surface area contributed by atoms with E-state index in [1.165, 1.54) is 6.92 Å². The summed E-state index contributed by atoms with van der Waals surface area (Å²) in [6, 6.07) is 13.2. The molecule has 0 saturated heterocycles. The lowest BCUT2D eigenvalue weighted by Crippen LogP contribution is -2.21. The predicted molar refractivity (Wildman–Crippen MR) is 89.8 cm³/mol. The van der Waals surface area contributed by atoms with Crippen molar-refractivity contribution in [3.8, 4) is 0 Å². The Bertz CT molecular complexity index is 759. The van der Waals surface area contributed by atoms with E-state index in [1.54, 1.807) is 48.5 Å². The molecular weight excluding hydrogens is 316 g/mol. The van der Waals surface area contributed by atoms with Crippen LogP contribution in [0.3, 0.4) is 0 Å². The molecule has 6 heteroatoms. The average molecular weight is 331 g/mol. The van der Waals surface area contributed by atoms with Gasteiger partial charge in [0, 0.05) is 22.0 Å². The fourth-order valence-electron chi connectivity index (χ4n) is 1.94. The number of carbonyl (C=O) groups excluding carboxylic acids is 3. The van der Waals surface area contributed by atoms with E-state index in [1.807, 2.05) is 0 Å². The molecule has 2 aromatic carbocycles. The molecule has 2 N–H and O–H groups in total. The quantitative estimate of drug-likeness (QED) is 0.650. The average Bonchev–Trinajstić information content (AvgIpc) is 2.47. The highest BCUT2D eigenvalue weighted by molar-refractivity contribution is 6.30. The molecule has 0 bridgehead atoms. The Hall–Kier alpha value is -2.66. The zero-order valence-corrected chi connectivity index (χ0v) is 13.2. The van der Waals surface area contributed by atoms with Gasteiger partial charge in [0.25, 0.3) is 0 Å². The van der Waals surface area contributed by atoms with Gasteiger partial charge in [-0.15, -0.1) is 0 Å². The van der Waals surface area contributed by atoms with E-state index < -0.39 is 11.8 Å². The van der Waals surface area contributed by atoms with Crippen LogP contribution in [0.25, 0.3) is 0 Å². The van der Waals surface area contributed by atoms with Gasteiger partial charge in [0.05, 0.1) is 0 Å². The summed E-state index contributed by atoms with van der Waals surface area (Å²) in [5, 5.41) is 5.67. The first kappa shape index (κ1) is 16.7. The van der Waals surface area contributed by atoms with Crippen LogP contribution in [-0.4, -0.2) is 17.6 Å². The summed E-state index contributed by atoms with van der Waals surface area (Å²) in [4.78, 5) is 35.0. The second-order valence-electron chi connectivity index (χ2n) is 4.92. The Morgan fingerprint density at radius 1 is 0.913 bits per heavy atom. The van der Waals surface area contributed by atoms with Crippen LogP contribution in [0.15, 0.2) is 48.5 Å². The standard InChI is InChI=1S/C17H15ClN2O3/c1-11(21)12-4-2-6-14(8-12)19-16(22)10-17(23)20-15-7-3-5-13(18)9-15/h2-9H,10H2,1H3,(H,19,22)(H,20,23). The molecule has 0 spiro atoms. The maximum Gasteiger partial charge on any atom is 0.233 e. The molecule has 0 unspecified atom stereocenters. The number of amides is 2. The van der Waals surface area contributed by atoms with Gasteiger partial charge in [0.15, 0.2) is 5.78 Å². The molecule has 23 heavy (non-hydrogen) atoms. The number of hydrogen-bond acceptors (Lipinski definition) is 3. The molecule has 0 aliphatic rings. The summed E-state index contributed by atoms with van der Waals surface area (Å²) in [6.07, 6.45) is -0.336. The number of halogens is 1. The van der Waals surface area contributed by atoms with Crippen molar-refractivity contribution in [2.75, 3.05) is 10.6 Å². The van der Waals surface area contributed by atoms with Crippen molar-refractivity contribution in [3.63, 3.8) is 0 Å². The molecule has 0 heterocycles. The van der Waals surface area contributed by atoms with Crippen LogP contribution in [0.2, 0.25) is 5.02 Å². The minimum Gasteiger partial charge on any atom is -0.326 e. The first-order valence-corrected chi connectivity index (χ1v) is 7.28. The third kappa shape index (κ3) is 5.23. The number of nitrogens with one attached hydrogen (secondary N) is 2. The lowest BCUT2D eigenvalue weighted by atomic mass is 10.1. The van der Waals surface area contributed by atoms with Crippen LogP contribution in [0.1, 0.15) is 23.7 Å². The SMILES string of the molecule is CC(=O)c1cccc(NC(=O)CC(=O)Nc2cccc(Cl)c2)c1. The number of Topliss-reactive ketones (excluding diaryl/α,β-unsaturated/α-hetero) is 1. The summed E-state index contributed by atoms with van der Waals surface area (Å²) >= 11 is 5.82. The maximum atomic E-state index is 11.9. The Kier molecular flexibility index (Phi) is 5.49. The number of carbonyl (C=O) groups is 3.